The van der Waals surface area contributed by atoms with Gasteiger partial charge in [0.15, 0.2) is 0 Å². The van der Waals surface area contributed by atoms with Crippen molar-refractivity contribution in [3.8, 4) is 0 Å². The topological polar surface area (TPSA) is 50.5 Å². The van der Waals surface area contributed by atoms with Gasteiger partial charge >= 0.3 is 0 Å². The highest BCUT2D eigenvalue weighted by molar-refractivity contribution is 5.03. The summed E-state index contributed by atoms with van der Waals surface area (Å²) < 4.78 is 7.06. The van der Waals surface area contributed by atoms with Crippen LogP contribution in [0.2, 0.25) is 0 Å². The van der Waals surface area contributed by atoms with Crippen molar-refractivity contribution in [2.45, 2.75) is 12.6 Å². The first-order valence-corrected chi connectivity index (χ1v) is 5.20. The van der Waals surface area contributed by atoms with Gasteiger partial charge in [-0.3, -0.25) is 9.58 Å². The average molecular weight is 211 g/mol. The van der Waals surface area contributed by atoms with Gasteiger partial charge in [-0.25, -0.2) is 0 Å². The molecular formula is C10H17N3O2. The molecule has 1 saturated heterocycles. The summed E-state index contributed by atoms with van der Waals surface area (Å²) in [5.41, 5.74) is 1.17. The summed E-state index contributed by atoms with van der Waals surface area (Å²) in [6.07, 6.45) is 3.49. The molecule has 15 heavy (non-hydrogen) atoms. The van der Waals surface area contributed by atoms with Gasteiger partial charge in [0.25, 0.3) is 0 Å². The number of hydrogen-bond donors (Lipinski definition) is 1. The van der Waals surface area contributed by atoms with Gasteiger partial charge in [0.2, 0.25) is 0 Å². The molecule has 5 nitrogen and oxygen atoms in total. The number of ether oxygens (including phenoxy) is 1. The third kappa shape index (κ3) is 3.02. The molecule has 1 aliphatic heterocycles. The highest BCUT2D eigenvalue weighted by Crippen LogP contribution is 2.06. The van der Waals surface area contributed by atoms with Crippen molar-refractivity contribution in [2.75, 3.05) is 26.3 Å². The van der Waals surface area contributed by atoms with Crippen LogP contribution in [0.15, 0.2) is 12.4 Å². The number of hydrogen-bond acceptors (Lipinski definition) is 4. The quantitative estimate of drug-likeness (QED) is 0.724. The molecule has 5 heteroatoms. The maximum absolute atomic E-state index is 9.56. The maximum Gasteiger partial charge on any atom is 0.0900 e. The van der Waals surface area contributed by atoms with Crippen molar-refractivity contribution in [3.05, 3.63) is 18.0 Å². The minimum Gasteiger partial charge on any atom is -0.389 e. The van der Waals surface area contributed by atoms with Gasteiger partial charge in [0.1, 0.15) is 0 Å². The summed E-state index contributed by atoms with van der Waals surface area (Å²) in [6.45, 7) is 3.51. The van der Waals surface area contributed by atoms with Crippen LogP contribution in [-0.2, 0) is 18.3 Å². The summed E-state index contributed by atoms with van der Waals surface area (Å²) in [7, 11) is 1.91. The number of aliphatic hydroxyl groups is 1. The van der Waals surface area contributed by atoms with Crippen molar-refractivity contribution in [1.29, 1.82) is 0 Å². The lowest BCUT2D eigenvalue weighted by Crippen LogP contribution is -2.32. The first-order chi connectivity index (χ1) is 7.24. The van der Waals surface area contributed by atoms with E-state index in [1.807, 2.05) is 19.4 Å². The van der Waals surface area contributed by atoms with Gasteiger partial charge < -0.3 is 9.84 Å². The largest absolute Gasteiger partial charge is 0.389 e. The lowest BCUT2D eigenvalue weighted by Gasteiger charge is -2.19. The Morgan fingerprint density at radius 3 is 3.27 bits per heavy atom. The lowest BCUT2D eigenvalue weighted by atomic mass is 10.3. The van der Waals surface area contributed by atoms with E-state index in [4.69, 9.17) is 4.74 Å². The van der Waals surface area contributed by atoms with E-state index >= 15 is 0 Å². The van der Waals surface area contributed by atoms with Crippen LogP contribution >= 0.6 is 0 Å². The van der Waals surface area contributed by atoms with Gasteiger partial charge in [-0.2, -0.15) is 5.10 Å². The summed E-state index contributed by atoms with van der Waals surface area (Å²) in [5, 5.41) is 13.7. The highest BCUT2D eigenvalue weighted by Gasteiger charge is 2.16. The van der Waals surface area contributed by atoms with Crippen molar-refractivity contribution in [1.82, 2.24) is 14.7 Å². The molecule has 0 saturated carbocycles. The molecule has 0 bridgehead atoms. The molecule has 2 heterocycles. The minimum atomic E-state index is -0.371. The van der Waals surface area contributed by atoms with Crippen LogP contribution in [0.25, 0.3) is 0 Å². The molecule has 0 aromatic carbocycles. The van der Waals surface area contributed by atoms with Crippen LogP contribution in [0.3, 0.4) is 0 Å². The highest BCUT2D eigenvalue weighted by atomic mass is 16.5. The molecule has 1 aliphatic rings. The molecule has 0 aliphatic carbocycles. The van der Waals surface area contributed by atoms with Crippen LogP contribution in [0, 0.1) is 0 Å². The Kier molecular flexibility index (Phi) is 3.35. The van der Waals surface area contributed by atoms with Crippen molar-refractivity contribution >= 4 is 0 Å². The second kappa shape index (κ2) is 4.74. The predicted molar refractivity (Wildman–Crippen MR) is 55.3 cm³/mol. The Hall–Kier alpha value is -0.910. The van der Waals surface area contributed by atoms with E-state index in [9.17, 15) is 5.11 Å². The van der Waals surface area contributed by atoms with Gasteiger partial charge in [0.05, 0.1) is 25.5 Å². The van der Waals surface area contributed by atoms with E-state index in [-0.39, 0.29) is 6.10 Å². The van der Waals surface area contributed by atoms with E-state index in [1.165, 1.54) is 5.56 Å². The fraction of sp³-hybridized carbons (Fsp3) is 0.700. The number of aryl methyl sites for hydroxylation is 1. The number of aliphatic hydroxyl groups excluding tert-OH is 1. The van der Waals surface area contributed by atoms with E-state index in [2.05, 4.69) is 10.00 Å². The second-order valence-corrected chi connectivity index (χ2v) is 3.99. The molecule has 1 N–H and O–H groups in total. The molecule has 1 aromatic heterocycles. The number of β-amino-alcohol motifs (C(OH)–C–C–N with tert-alkyl or cyclic N) is 1. The molecular weight excluding hydrogens is 194 g/mol. The fourth-order valence-electron chi connectivity index (χ4n) is 1.81. The first kappa shape index (κ1) is 10.6. The molecule has 0 unspecified atom stereocenters. The second-order valence-electron chi connectivity index (χ2n) is 3.99. The third-order valence-electron chi connectivity index (χ3n) is 2.50. The van der Waals surface area contributed by atoms with Crippen LogP contribution < -0.4 is 0 Å². The van der Waals surface area contributed by atoms with E-state index in [0.29, 0.717) is 19.8 Å². The van der Waals surface area contributed by atoms with Gasteiger partial charge in [0, 0.05) is 38.4 Å². The van der Waals surface area contributed by atoms with Crippen molar-refractivity contribution < 1.29 is 9.84 Å². The summed E-state index contributed by atoms with van der Waals surface area (Å²) >= 11 is 0. The molecule has 1 fully saturated rings. The standard InChI is InChI=1S/C10H17N3O2/c1-12-5-9(4-11-12)6-13-2-3-15-8-10(14)7-13/h4-5,10,14H,2-3,6-8H2,1H3/t10-/m1/s1. The Labute approximate surface area is 89.3 Å². The molecule has 0 amide bonds. The molecule has 1 atom stereocenters. The fourth-order valence-corrected chi connectivity index (χ4v) is 1.81. The van der Waals surface area contributed by atoms with Crippen LogP contribution in [0.5, 0.6) is 0 Å². The monoisotopic (exact) mass is 211 g/mol. The van der Waals surface area contributed by atoms with Crippen molar-refractivity contribution in [3.63, 3.8) is 0 Å². The normalized spacial score (nSPS) is 24.0. The third-order valence-corrected chi connectivity index (χ3v) is 2.50. The predicted octanol–water partition coefficient (Wildman–Crippen LogP) is -0.387. The SMILES string of the molecule is Cn1cc(CN2CCOC[C@H](O)C2)cn1. The summed E-state index contributed by atoms with van der Waals surface area (Å²) in [5.74, 6) is 0. The lowest BCUT2D eigenvalue weighted by molar-refractivity contribution is 0.0562. The smallest absolute Gasteiger partial charge is 0.0900 e. The molecule has 2 rings (SSSR count). The number of rotatable bonds is 2. The maximum atomic E-state index is 9.56. The van der Waals surface area contributed by atoms with Gasteiger partial charge in [-0.15, -0.1) is 0 Å². The molecule has 0 radical (unpaired) electrons. The zero-order valence-corrected chi connectivity index (χ0v) is 8.96. The van der Waals surface area contributed by atoms with E-state index in [0.717, 1.165) is 13.1 Å². The summed E-state index contributed by atoms with van der Waals surface area (Å²) in [6, 6.07) is 0. The van der Waals surface area contributed by atoms with Crippen molar-refractivity contribution in [2.24, 2.45) is 7.05 Å². The number of nitrogens with zero attached hydrogens (tertiary/aromatic N) is 3. The average Bonchev–Trinajstić information content (AvgIpc) is 2.46. The minimum absolute atomic E-state index is 0.371. The Bertz CT molecular complexity index is 313. The first-order valence-electron chi connectivity index (χ1n) is 5.20. The van der Waals surface area contributed by atoms with Crippen LogP contribution in [0.1, 0.15) is 5.56 Å². The zero-order chi connectivity index (χ0) is 10.7. The van der Waals surface area contributed by atoms with Gasteiger partial charge in [-0.05, 0) is 0 Å². The van der Waals surface area contributed by atoms with E-state index < -0.39 is 0 Å². The zero-order valence-electron chi connectivity index (χ0n) is 8.96. The Morgan fingerprint density at radius 2 is 2.53 bits per heavy atom. The van der Waals surface area contributed by atoms with Gasteiger partial charge in [-0.1, -0.05) is 0 Å². The molecule has 1 aromatic rings. The van der Waals surface area contributed by atoms with E-state index in [1.54, 1.807) is 4.68 Å². The molecule has 0 spiro atoms. The summed E-state index contributed by atoms with van der Waals surface area (Å²) in [4.78, 5) is 2.19. The van der Waals surface area contributed by atoms with Crippen LogP contribution in [0.4, 0.5) is 0 Å². The molecule has 84 valence electrons. The Morgan fingerprint density at radius 1 is 1.67 bits per heavy atom. The van der Waals surface area contributed by atoms with Crippen LogP contribution in [-0.4, -0.2) is 52.2 Å². The number of aromatic nitrogens is 2. The Balaban J connectivity index is 1.92.